The maximum atomic E-state index is 13.5. The number of rotatable bonds is 9. The highest BCUT2D eigenvalue weighted by molar-refractivity contribution is 6.02. The number of halogens is 1. The zero-order valence-electron chi connectivity index (χ0n) is 17.7. The lowest BCUT2D eigenvalue weighted by Gasteiger charge is -2.24. The Balaban J connectivity index is 1.94. The van der Waals surface area contributed by atoms with Gasteiger partial charge in [-0.3, -0.25) is 0 Å². The fourth-order valence-corrected chi connectivity index (χ4v) is 3.65. The van der Waals surface area contributed by atoms with Crippen LogP contribution in [0.1, 0.15) is 0 Å². The highest BCUT2D eigenvalue weighted by atomic mass is 19.1. The second-order valence-corrected chi connectivity index (χ2v) is 7.12. The zero-order chi connectivity index (χ0) is 21.6. The van der Waals surface area contributed by atoms with Crippen LogP contribution in [0.2, 0.25) is 0 Å². The molecule has 31 heavy (non-hydrogen) atoms. The van der Waals surface area contributed by atoms with E-state index < -0.39 is 0 Å². The van der Waals surface area contributed by atoms with Crippen LogP contribution in [0.3, 0.4) is 0 Å². The van der Waals surface area contributed by atoms with E-state index in [0.29, 0.717) is 26.3 Å². The second kappa shape index (κ2) is 9.68. The summed E-state index contributed by atoms with van der Waals surface area (Å²) >= 11 is 0. The lowest BCUT2D eigenvalue weighted by molar-refractivity contribution is 0.190. The SMILES string of the molecule is COCCN(CCOC)c1ncnc2c1c(-c1ccccc1)cn2-c1ccc(F)cc1. The minimum Gasteiger partial charge on any atom is -0.383 e. The Morgan fingerprint density at radius 2 is 1.58 bits per heavy atom. The van der Waals surface area contributed by atoms with E-state index in [1.54, 1.807) is 32.7 Å². The van der Waals surface area contributed by atoms with Crippen molar-refractivity contribution < 1.29 is 13.9 Å². The standard InChI is InChI=1S/C24H25FN4O2/c1-30-14-12-28(13-15-31-2)23-22-21(18-6-4-3-5-7-18)16-29(24(22)27-17-26-23)20-10-8-19(25)9-11-20/h3-11,16-17H,12-15H2,1-2H3. The number of methoxy groups -OCH3 is 2. The highest BCUT2D eigenvalue weighted by Crippen LogP contribution is 2.36. The van der Waals surface area contributed by atoms with E-state index in [1.165, 1.54) is 12.1 Å². The molecule has 0 fully saturated rings. The molecule has 6 nitrogen and oxygen atoms in total. The molecule has 4 rings (SSSR count). The number of fused-ring (bicyclic) bond motifs is 1. The molecule has 0 amide bonds. The zero-order valence-corrected chi connectivity index (χ0v) is 17.7. The molecule has 0 spiro atoms. The summed E-state index contributed by atoms with van der Waals surface area (Å²) in [6.07, 6.45) is 3.61. The molecule has 0 saturated carbocycles. The van der Waals surface area contributed by atoms with E-state index >= 15 is 0 Å². The lowest BCUT2D eigenvalue weighted by Crippen LogP contribution is -2.31. The topological polar surface area (TPSA) is 52.4 Å². The molecule has 2 heterocycles. The molecule has 160 valence electrons. The van der Waals surface area contributed by atoms with Gasteiger partial charge in [-0.1, -0.05) is 30.3 Å². The largest absolute Gasteiger partial charge is 0.383 e. The Morgan fingerprint density at radius 3 is 2.23 bits per heavy atom. The van der Waals surface area contributed by atoms with Crippen molar-refractivity contribution in [3.05, 3.63) is 72.9 Å². The summed E-state index contributed by atoms with van der Waals surface area (Å²) in [5.74, 6) is 0.544. The first-order chi connectivity index (χ1) is 15.2. The van der Waals surface area contributed by atoms with Crippen molar-refractivity contribution in [2.45, 2.75) is 0 Å². The summed E-state index contributed by atoms with van der Waals surface area (Å²) in [5, 5.41) is 0.935. The van der Waals surface area contributed by atoms with Gasteiger partial charge in [0.05, 0.1) is 18.6 Å². The Hall–Kier alpha value is -3.29. The third-order valence-electron chi connectivity index (χ3n) is 5.18. The van der Waals surface area contributed by atoms with Crippen molar-refractivity contribution in [3.63, 3.8) is 0 Å². The van der Waals surface area contributed by atoms with Crippen molar-refractivity contribution in [1.82, 2.24) is 14.5 Å². The third kappa shape index (κ3) is 4.42. The molecule has 0 aliphatic heterocycles. The van der Waals surface area contributed by atoms with E-state index in [1.807, 2.05) is 29.0 Å². The van der Waals surface area contributed by atoms with Gasteiger partial charge in [-0.2, -0.15) is 0 Å². The van der Waals surface area contributed by atoms with Crippen LogP contribution in [-0.4, -0.2) is 55.1 Å². The number of nitrogens with zero attached hydrogens (tertiary/aromatic N) is 4. The van der Waals surface area contributed by atoms with Gasteiger partial charge in [0, 0.05) is 44.8 Å². The molecule has 0 N–H and O–H groups in total. The summed E-state index contributed by atoms with van der Waals surface area (Å²) in [5.41, 5.74) is 3.66. The van der Waals surface area contributed by atoms with Gasteiger partial charge in [-0.25, -0.2) is 14.4 Å². The third-order valence-corrected chi connectivity index (χ3v) is 5.18. The molecule has 0 saturated heterocycles. The van der Waals surface area contributed by atoms with E-state index in [4.69, 9.17) is 9.47 Å². The first-order valence-corrected chi connectivity index (χ1v) is 10.1. The Labute approximate surface area is 180 Å². The maximum absolute atomic E-state index is 13.5. The molecule has 0 bridgehead atoms. The second-order valence-electron chi connectivity index (χ2n) is 7.12. The van der Waals surface area contributed by atoms with Crippen molar-refractivity contribution in [1.29, 1.82) is 0 Å². The number of benzene rings is 2. The molecule has 0 unspecified atom stereocenters. The average molecular weight is 420 g/mol. The maximum Gasteiger partial charge on any atom is 0.150 e. The molecule has 4 aromatic rings. The van der Waals surface area contributed by atoms with Crippen molar-refractivity contribution in [3.8, 4) is 16.8 Å². The summed E-state index contributed by atoms with van der Waals surface area (Å²) < 4.78 is 26.1. The van der Waals surface area contributed by atoms with Crippen LogP contribution in [0.25, 0.3) is 27.8 Å². The van der Waals surface area contributed by atoms with E-state index in [0.717, 1.165) is 33.7 Å². The van der Waals surface area contributed by atoms with Gasteiger partial charge in [-0.15, -0.1) is 0 Å². The number of anilines is 1. The van der Waals surface area contributed by atoms with Crippen LogP contribution in [-0.2, 0) is 9.47 Å². The summed E-state index contributed by atoms with van der Waals surface area (Å²) in [4.78, 5) is 11.4. The van der Waals surface area contributed by atoms with Crippen LogP contribution in [0.4, 0.5) is 10.2 Å². The predicted molar refractivity (Wildman–Crippen MR) is 120 cm³/mol. The fourth-order valence-electron chi connectivity index (χ4n) is 3.65. The molecular weight excluding hydrogens is 395 g/mol. The number of hydrogen-bond acceptors (Lipinski definition) is 5. The molecule has 2 aromatic carbocycles. The van der Waals surface area contributed by atoms with Crippen molar-refractivity contribution >= 4 is 16.9 Å². The molecule has 0 aliphatic carbocycles. The highest BCUT2D eigenvalue weighted by Gasteiger charge is 2.20. The molecule has 0 atom stereocenters. The molecular formula is C24H25FN4O2. The average Bonchev–Trinajstić information content (AvgIpc) is 3.20. The monoisotopic (exact) mass is 420 g/mol. The number of hydrogen-bond donors (Lipinski definition) is 0. The van der Waals surface area contributed by atoms with Crippen LogP contribution in [0.15, 0.2) is 67.1 Å². The Morgan fingerprint density at radius 1 is 0.903 bits per heavy atom. The van der Waals surface area contributed by atoms with Crippen LogP contribution in [0.5, 0.6) is 0 Å². The van der Waals surface area contributed by atoms with E-state index in [2.05, 4.69) is 27.0 Å². The van der Waals surface area contributed by atoms with Gasteiger partial charge < -0.3 is 18.9 Å². The van der Waals surface area contributed by atoms with Gasteiger partial charge >= 0.3 is 0 Å². The summed E-state index contributed by atoms with van der Waals surface area (Å²) in [6.45, 7) is 2.47. The minimum absolute atomic E-state index is 0.274. The molecule has 0 aliphatic rings. The Kier molecular flexibility index (Phi) is 6.54. The van der Waals surface area contributed by atoms with Crippen molar-refractivity contribution in [2.24, 2.45) is 0 Å². The smallest absolute Gasteiger partial charge is 0.150 e. The number of aromatic nitrogens is 3. The van der Waals surface area contributed by atoms with Gasteiger partial charge in [-0.05, 0) is 29.8 Å². The minimum atomic E-state index is -0.274. The quantitative estimate of drug-likeness (QED) is 0.404. The van der Waals surface area contributed by atoms with E-state index in [-0.39, 0.29) is 5.82 Å². The summed E-state index contributed by atoms with van der Waals surface area (Å²) in [6, 6.07) is 16.5. The molecule has 7 heteroatoms. The lowest BCUT2D eigenvalue weighted by atomic mass is 10.1. The normalized spacial score (nSPS) is 11.2. The summed E-state index contributed by atoms with van der Waals surface area (Å²) in [7, 11) is 3.37. The first kappa shape index (κ1) is 21.0. The molecule has 2 aromatic heterocycles. The predicted octanol–water partition coefficient (Wildman–Crippen LogP) is 4.33. The first-order valence-electron chi connectivity index (χ1n) is 10.1. The number of ether oxygens (including phenoxy) is 2. The fraction of sp³-hybridized carbons (Fsp3) is 0.250. The van der Waals surface area contributed by atoms with Gasteiger partial charge in [0.1, 0.15) is 18.0 Å². The van der Waals surface area contributed by atoms with Gasteiger partial charge in [0.2, 0.25) is 0 Å². The van der Waals surface area contributed by atoms with Gasteiger partial charge in [0.15, 0.2) is 5.65 Å². The van der Waals surface area contributed by atoms with Crippen LogP contribution < -0.4 is 4.90 Å². The molecule has 0 radical (unpaired) electrons. The van der Waals surface area contributed by atoms with Crippen molar-refractivity contribution in [2.75, 3.05) is 45.4 Å². The Bertz CT molecular complexity index is 1120. The van der Waals surface area contributed by atoms with E-state index in [9.17, 15) is 4.39 Å². The van der Waals surface area contributed by atoms with Gasteiger partial charge in [0.25, 0.3) is 0 Å². The van der Waals surface area contributed by atoms with Crippen LogP contribution >= 0.6 is 0 Å². The van der Waals surface area contributed by atoms with Crippen LogP contribution in [0, 0.1) is 5.82 Å².